The number of amides is 1. The number of carbonyl (C=O) groups is 1. The fourth-order valence-corrected chi connectivity index (χ4v) is 5.24. The van der Waals surface area contributed by atoms with Crippen LogP contribution in [-0.2, 0) is 0 Å². The number of hydrogen-bond donors (Lipinski definition) is 1. The average molecular weight is 439 g/mol. The number of furan rings is 1. The monoisotopic (exact) mass is 438 g/mol. The number of halogens is 1. The number of nitrogens with zero attached hydrogens (tertiary/aromatic N) is 3. The zero-order valence-corrected chi connectivity index (χ0v) is 18.0. The van der Waals surface area contributed by atoms with Gasteiger partial charge in [0, 0.05) is 11.9 Å². The van der Waals surface area contributed by atoms with Gasteiger partial charge in [-0.3, -0.25) is 9.69 Å². The summed E-state index contributed by atoms with van der Waals surface area (Å²) < 4.78 is 20.7. The summed E-state index contributed by atoms with van der Waals surface area (Å²) in [5, 5.41) is 8.59. The molecule has 6 nitrogen and oxygen atoms in total. The van der Waals surface area contributed by atoms with Gasteiger partial charge in [-0.15, -0.1) is 11.3 Å². The maximum Gasteiger partial charge on any atom is 0.261 e. The molecule has 1 aliphatic rings. The van der Waals surface area contributed by atoms with Gasteiger partial charge < -0.3 is 9.73 Å². The number of thiophene rings is 1. The lowest BCUT2D eigenvalue weighted by molar-refractivity contribution is 0.0938. The Bertz CT molecular complexity index is 1190. The Balaban J connectivity index is 1.37. The molecule has 0 saturated carbocycles. The Morgan fingerprint density at radius 3 is 2.74 bits per heavy atom. The van der Waals surface area contributed by atoms with Crippen molar-refractivity contribution in [3.63, 3.8) is 0 Å². The van der Waals surface area contributed by atoms with Gasteiger partial charge in [0.05, 0.1) is 28.6 Å². The number of aryl methyl sites for hydroxylation is 1. The van der Waals surface area contributed by atoms with Crippen molar-refractivity contribution in [2.75, 3.05) is 19.6 Å². The van der Waals surface area contributed by atoms with E-state index in [2.05, 4.69) is 15.3 Å². The molecule has 1 aliphatic heterocycles. The molecule has 160 valence electrons. The second-order valence-electron chi connectivity index (χ2n) is 7.79. The van der Waals surface area contributed by atoms with Crippen LogP contribution in [0.2, 0.25) is 0 Å². The maximum absolute atomic E-state index is 13.3. The Hall–Kier alpha value is -2.97. The van der Waals surface area contributed by atoms with Crippen LogP contribution < -0.4 is 5.32 Å². The highest BCUT2D eigenvalue weighted by atomic mass is 32.1. The number of carbonyl (C=O) groups excluding carboxylic acids is 1. The molecule has 0 aliphatic carbocycles. The first-order valence-electron chi connectivity index (χ1n) is 10.4. The van der Waals surface area contributed by atoms with Crippen LogP contribution in [0.25, 0.3) is 15.9 Å². The number of fused-ring (bicyclic) bond motifs is 1. The summed E-state index contributed by atoms with van der Waals surface area (Å²) in [6.45, 7) is 4.42. The fraction of sp³-hybridized carbons (Fsp3) is 0.304. The molecule has 0 spiro atoms. The number of rotatable bonds is 6. The summed E-state index contributed by atoms with van der Waals surface area (Å²) in [4.78, 5) is 16.8. The van der Waals surface area contributed by atoms with Crippen molar-refractivity contribution >= 4 is 27.5 Å². The molecule has 1 saturated heterocycles. The third-order valence-corrected chi connectivity index (χ3v) is 6.86. The Morgan fingerprint density at radius 1 is 1.26 bits per heavy atom. The standard InChI is InChI=1S/C23H23FN4O2S/c1-15-18-13-21(31-23(18)28(26-15)17-8-6-16(24)7-9-17)22(29)25-14-19(20-5-4-12-30-20)27-10-2-3-11-27/h4-9,12-13,19H,2-3,10-11,14H2,1H3,(H,25,29). The third kappa shape index (κ3) is 3.88. The number of nitrogens with one attached hydrogen (secondary N) is 1. The minimum absolute atomic E-state index is 0.0345. The fourth-order valence-electron chi connectivity index (χ4n) is 4.14. The minimum Gasteiger partial charge on any atom is -0.468 e. The SMILES string of the molecule is Cc1nn(-c2ccc(F)cc2)c2sc(C(=O)NCC(c3ccco3)N3CCCC3)cc12. The van der Waals surface area contributed by atoms with E-state index in [9.17, 15) is 9.18 Å². The molecule has 1 N–H and O–H groups in total. The van der Waals surface area contributed by atoms with E-state index in [0.29, 0.717) is 11.4 Å². The molecule has 8 heteroatoms. The highest BCUT2D eigenvalue weighted by Crippen LogP contribution is 2.31. The molecule has 3 aromatic heterocycles. The lowest BCUT2D eigenvalue weighted by Crippen LogP contribution is -2.36. The summed E-state index contributed by atoms with van der Waals surface area (Å²) in [6, 6.07) is 12.0. The van der Waals surface area contributed by atoms with Gasteiger partial charge in [0.1, 0.15) is 16.4 Å². The molecular formula is C23H23FN4O2S. The first-order valence-corrected chi connectivity index (χ1v) is 11.2. The van der Waals surface area contributed by atoms with Gasteiger partial charge in [-0.25, -0.2) is 9.07 Å². The summed E-state index contributed by atoms with van der Waals surface area (Å²) in [7, 11) is 0. The van der Waals surface area contributed by atoms with Crippen LogP contribution in [0.4, 0.5) is 4.39 Å². The highest BCUT2D eigenvalue weighted by molar-refractivity contribution is 7.20. The largest absolute Gasteiger partial charge is 0.468 e. The van der Waals surface area contributed by atoms with Crippen LogP contribution in [0.1, 0.15) is 40.0 Å². The Morgan fingerprint density at radius 2 is 2.03 bits per heavy atom. The third-order valence-electron chi connectivity index (χ3n) is 5.75. The van der Waals surface area contributed by atoms with Gasteiger partial charge in [0.25, 0.3) is 5.91 Å². The molecule has 4 heterocycles. The minimum atomic E-state index is -0.292. The van der Waals surface area contributed by atoms with Gasteiger partial charge in [0.15, 0.2) is 0 Å². The molecule has 1 unspecified atom stereocenters. The summed E-state index contributed by atoms with van der Waals surface area (Å²) in [5.74, 6) is 0.475. The topological polar surface area (TPSA) is 63.3 Å². The summed E-state index contributed by atoms with van der Waals surface area (Å²) in [6.07, 6.45) is 4.01. The lowest BCUT2D eigenvalue weighted by atomic mass is 10.2. The van der Waals surface area contributed by atoms with Crippen LogP contribution in [0, 0.1) is 12.7 Å². The second-order valence-corrected chi connectivity index (χ2v) is 8.82. The lowest BCUT2D eigenvalue weighted by Gasteiger charge is -2.25. The van der Waals surface area contributed by atoms with Crippen LogP contribution in [-0.4, -0.2) is 40.2 Å². The zero-order valence-electron chi connectivity index (χ0n) is 17.2. The van der Waals surface area contributed by atoms with Crippen LogP contribution in [0.15, 0.2) is 53.1 Å². The molecule has 0 radical (unpaired) electrons. The van der Waals surface area contributed by atoms with Crippen LogP contribution in [0.3, 0.4) is 0 Å². The van der Waals surface area contributed by atoms with Gasteiger partial charge in [0.2, 0.25) is 0 Å². The van der Waals surface area contributed by atoms with Crippen molar-refractivity contribution in [2.24, 2.45) is 0 Å². The van der Waals surface area contributed by atoms with E-state index in [1.165, 1.54) is 36.3 Å². The zero-order chi connectivity index (χ0) is 21.4. The molecule has 1 atom stereocenters. The Labute approximate surface area is 183 Å². The first-order chi connectivity index (χ1) is 15.1. The molecule has 4 aromatic rings. The van der Waals surface area contributed by atoms with Crippen molar-refractivity contribution in [1.29, 1.82) is 0 Å². The molecule has 1 aromatic carbocycles. The van der Waals surface area contributed by atoms with E-state index >= 15 is 0 Å². The van der Waals surface area contributed by atoms with Crippen molar-refractivity contribution < 1.29 is 13.6 Å². The number of benzene rings is 1. The quantitative estimate of drug-likeness (QED) is 0.474. The van der Waals surface area contributed by atoms with Crippen molar-refractivity contribution in [3.8, 4) is 5.69 Å². The smallest absolute Gasteiger partial charge is 0.261 e. The highest BCUT2D eigenvalue weighted by Gasteiger charge is 2.26. The molecule has 1 amide bonds. The maximum atomic E-state index is 13.3. The molecular weight excluding hydrogens is 415 g/mol. The summed E-state index contributed by atoms with van der Waals surface area (Å²) in [5.41, 5.74) is 1.60. The van der Waals surface area contributed by atoms with E-state index in [0.717, 1.165) is 40.4 Å². The molecule has 31 heavy (non-hydrogen) atoms. The average Bonchev–Trinajstić information content (AvgIpc) is 3.56. The van der Waals surface area contributed by atoms with Gasteiger partial charge in [-0.05, 0) is 75.3 Å². The number of likely N-dealkylation sites (tertiary alicyclic amines) is 1. The molecule has 0 bridgehead atoms. The molecule has 1 fully saturated rings. The van der Waals surface area contributed by atoms with Crippen LogP contribution in [0.5, 0.6) is 0 Å². The number of hydrogen-bond acceptors (Lipinski definition) is 5. The van der Waals surface area contributed by atoms with Crippen LogP contribution >= 0.6 is 11.3 Å². The number of aromatic nitrogens is 2. The van der Waals surface area contributed by atoms with Crippen molar-refractivity contribution in [3.05, 3.63) is 70.9 Å². The van der Waals surface area contributed by atoms with E-state index < -0.39 is 0 Å². The van der Waals surface area contributed by atoms with Crippen molar-refractivity contribution in [1.82, 2.24) is 20.0 Å². The predicted molar refractivity (Wildman–Crippen MR) is 118 cm³/mol. The van der Waals surface area contributed by atoms with Crippen molar-refractivity contribution in [2.45, 2.75) is 25.8 Å². The van der Waals surface area contributed by atoms with Gasteiger partial charge in [-0.1, -0.05) is 0 Å². The second kappa shape index (κ2) is 8.28. The van der Waals surface area contributed by atoms with E-state index in [4.69, 9.17) is 4.42 Å². The summed E-state index contributed by atoms with van der Waals surface area (Å²) >= 11 is 1.39. The van der Waals surface area contributed by atoms with Gasteiger partial charge >= 0.3 is 0 Å². The van der Waals surface area contributed by atoms with E-state index in [1.54, 1.807) is 23.1 Å². The Kier molecular flexibility index (Phi) is 5.33. The predicted octanol–water partition coefficient (Wildman–Crippen LogP) is 4.69. The van der Waals surface area contributed by atoms with Gasteiger partial charge in [-0.2, -0.15) is 5.10 Å². The first kappa shape index (κ1) is 20.0. The van der Waals surface area contributed by atoms with E-state index in [1.807, 2.05) is 25.1 Å². The van der Waals surface area contributed by atoms with E-state index in [-0.39, 0.29) is 17.8 Å². The normalized spacial score (nSPS) is 15.5. The molecule has 5 rings (SSSR count).